The Kier molecular flexibility index (Phi) is 16.2. The smallest absolute Gasteiger partial charge is 0.0579 e. The van der Waals surface area contributed by atoms with E-state index in [0.717, 1.165) is 56.1 Å². The van der Waals surface area contributed by atoms with Gasteiger partial charge in [0, 0.05) is 32.7 Å². The third-order valence-electron chi connectivity index (χ3n) is 13.5. The van der Waals surface area contributed by atoms with E-state index in [0.29, 0.717) is 35.1 Å². The summed E-state index contributed by atoms with van der Waals surface area (Å²) in [5.74, 6) is 3.94. The summed E-state index contributed by atoms with van der Waals surface area (Å²) in [5, 5.41) is 9.94. The molecule has 261 valence electrons. The summed E-state index contributed by atoms with van der Waals surface area (Å²) in [6.07, 6.45) is 23.6. The second kappa shape index (κ2) is 18.3. The van der Waals surface area contributed by atoms with Gasteiger partial charge in [-0.05, 0) is 156 Å². The maximum atomic E-state index is 9.94. The third kappa shape index (κ3) is 11.0. The summed E-state index contributed by atoms with van der Waals surface area (Å²) in [6.45, 7) is 18.8. The van der Waals surface area contributed by atoms with Gasteiger partial charge < -0.3 is 19.3 Å². The number of hydrogen-bond donors (Lipinski definition) is 1. The van der Waals surface area contributed by atoms with E-state index >= 15 is 0 Å². The molecule has 4 aliphatic carbocycles. The van der Waals surface area contributed by atoms with Gasteiger partial charge >= 0.3 is 0 Å². The zero-order chi connectivity index (χ0) is 31.0. The van der Waals surface area contributed by atoms with E-state index in [9.17, 15) is 5.11 Å². The molecule has 0 amide bonds. The quantitative estimate of drug-likeness (QED) is 0.183. The minimum absolute atomic E-state index is 0. The Hall–Kier alpha value is 0.463. The third-order valence-corrected chi connectivity index (χ3v) is 13.5. The number of ether oxygens (including phenoxy) is 3. The second-order valence-electron chi connectivity index (χ2n) is 17.0. The van der Waals surface area contributed by atoms with Gasteiger partial charge in [0.2, 0.25) is 0 Å². The van der Waals surface area contributed by atoms with Crippen LogP contribution in [-0.2, 0) is 33.7 Å². The van der Waals surface area contributed by atoms with E-state index in [4.69, 9.17) is 14.2 Å². The Morgan fingerprint density at radius 3 is 1.41 bits per heavy atom. The van der Waals surface area contributed by atoms with Crippen molar-refractivity contribution in [1.29, 1.82) is 0 Å². The van der Waals surface area contributed by atoms with Crippen molar-refractivity contribution >= 4 is 0 Å². The van der Waals surface area contributed by atoms with Crippen molar-refractivity contribution in [3.63, 3.8) is 0 Å². The second-order valence-corrected chi connectivity index (χ2v) is 17.0. The summed E-state index contributed by atoms with van der Waals surface area (Å²) in [5.41, 5.74) is 0.822. The fourth-order valence-corrected chi connectivity index (χ4v) is 9.59. The van der Waals surface area contributed by atoms with Gasteiger partial charge in [0.25, 0.3) is 0 Å². The van der Waals surface area contributed by atoms with Crippen LogP contribution in [0.3, 0.4) is 0 Å². The van der Waals surface area contributed by atoms with E-state index in [1.807, 2.05) is 0 Å². The first-order chi connectivity index (χ1) is 20.5. The van der Waals surface area contributed by atoms with Crippen molar-refractivity contribution < 1.29 is 38.8 Å². The molecule has 4 saturated carbocycles. The van der Waals surface area contributed by atoms with Crippen molar-refractivity contribution in [3.8, 4) is 0 Å². The molecule has 0 heterocycles. The first kappa shape index (κ1) is 38.9. The summed E-state index contributed by atoms with van der Waals surface area (Å²) < 4.78 is 19.3. The topological polar surface area (TPSA) is 47.9 Å². The number of hydrogen-bond acceptors (Lipinski definition) is 4. The van der Waals surface area contributed by atoms with E-state index < -0.39 is 0 Å². The molecule has 4 aliphatic rings. The van der Waals surface area contributed by atoms with Gasteiger partial charge in [0.05, 0.1) is 30.5 Å². The van der Waals surface area contributed by atoms with Crippen molar-refractivity contribution in [2.45, 2.75) is 195 Å². The van der Waals surface area contributed by atoms with Crippen LogP contribution >= 0.6 is 0 Å². The average Bonchev–Trinajstić information content (AvgIpc) is 3.01. The van der Waals surface area contributed by atoms with Gasteiger partial charge in [-0.3, -0.25) is 0 Å². The van der Waals surface area contributed by atoms with E-state index in [1.54, 1.807) is 0 Å². The first-order valence-electron chi connectivity index (χ1n) is 19.1. The van der Waals surface area contributed by atoms with E-state index in [1.165, 1.54) is 96.3 Å². The number of aliphatic hydroxyl groups is 1. The van der Waals surface area contributed by atoms with Gasteiger partial charge in [-0.15, -0.1) is 0 Å². The van der Waals surface area contributed by atoms with Gasteiger partial charge in [-0.2, -0.15) is 0 Å². The maximum absolute atomic E-state index is 9.94. The molecule has 0 spiro atoms. The maximum Gasteiger partial charge on any atom is 0.0579 e. The molecule has 0 bridgehead atoms. The Morgan fingerprint density at radius 2 is 0.977 bits per heavy atom. The molecule has 4 nitrogen and oxygen atoms in total. The monoisotopic (exact) mass is 707 g/mol. The van der Waals surface area contributed by atoms with Gasteiger partial charge in [0.15, 0.2) is 0 Å². The van der Waals surface area contributed by atoms with Crippen LogP contribution in [0.1, 0.15) is 164 Å². The standard InChI is InChI=1S/C39H72O4.Rh/c1-8-28(2)27-42-36-21-13-32(14-22-36)39(6,7)33-15-23-37(24-16-33)43-29(3)25-26-41-35-19-11-31(12-20-35)38(4,5)30-9-17-34(40)18-10-30;/h28-37,40H,8-27H2,1-7H3;. The minimum atomic E-state index is -0.0511. The zero-order valence-electron chi connectivity index (χ0n) is 29.9. The first-order valence-corrected chi connectivity index (χ1v) is 19.1. The molecule has 2 unspecified atom stereocenters. The van der Waals surface area contributed by atoms with Crippen molar-refractivity contribution in [2.75, 3.05) is 13.2 Å². The largest absolute Gasteiger partial charge is 0.393 e. The van der Waals surface area contributed by atoms with Crippen LogP contribution < -0.4 is 0 Å². The van der Waals surface area contributed by atoms with Crippen LogP contribution in [0.15, 0.2) is 0 Å². The van der Waals surface area contributed by atoms with Crippen molar-refractivity contribution in [3.05, 3.63) is 0 Å². The molecular formula is C39H72O4Rh. The van der Waals surface area contributed by atoms with Crippen LogP contribution in [0.25, 0.3) is 0 Å². The van der Waals surface area contributed by atoms with E-state index in [2.05, 4.69) is 48.5 Å². The van der Waals surface area contributed by atoms with Gasteiger partial charge in [-0.25, -0.2) is 0 Å². The van der Waals surface area contributed by atoms with E-state index in [-0.39, 0.29) is 31.7 Å². The molecule has 5 heteroatoms. The molecule has 2 atom stereocenters. The molecular weight excluding hydrogens is 635 g/mol. The van der Waals surface area contributed by atoms with Crippen LogP contribution in [0.2, 0.25) is 0 Å². The molecule has 1 N–H and O–H groups in total. The molecule has 4 rings (SSSR count). The van der Waals surface area contributed by atoms with Crippen LogP contribution in [-0.4, -0.2) is 48.8 Å². The molecule has 0 saturated heterocycles. The van der Waals surface area contributed by atoms with Crippen LogP contribution in [0.4, 0.5) is 0 Å². The van der Waals surface area contributed by atoms with Gasteiger partial charge in [-0.1, -0.05) is 48.0 Å². The predicted octanol–water partition coefficient (Wildman–Crippen LogP) is 10.1. The molecule has 4 fully saturated rings. The summed E-state index contributed by atoms with van der Waals surface area (Å²) in [4.78, 5) is 0. The predicted molar refractivity (Wildman–Crippen MR) is 179 cm³/mol. The molecule has 1 radical (unpaired) electrons. The SMILES string of the molecule is CCC(C)COC1CCC(C(C)(C)C2CCC(OC(C)CCOC3CCC(C(C)(C)C4CCC(O)CC4)CC3)CC2)CC1.[Rh]. The molecule has 0 aromatic carbocycles. The average molecular weight is 708 g/mol. The van der Waals surface area contributed by atoms with Crippen molar-refractivity contribution in [2.24, 2.45) is 40.4 Å². The van der Waals surface area contributed by atoms with Crippen LogP contribution in [0, 0.1) is 40.4 Å². The molecule has 0 aliphatic heterocycles. The Morgan fingerprint density at radius 1 is 0.591 bits per heavy atom. The van der Waals surface area contributed by atoms with Gasteiger partial charge in [0.1, 0.15) is 0 Å². The fourth-order valence-electron chi connectivity index (χ4n) is 9.59. The summed E-state index contributed by atoms with van der Waals surface area (Å²) in [6, 6.07) is 0. The Labute approximate surface area is 286 Å². The summed E-state index contributed by atoms with van der Waals surface area (Å²) in [7, 11) is 0. The molecule has 0 aromatic rings. The Balaban J connectivity index is 0.00000529. The number of aliphatic hydroxyl groups excluding tert-OH is 1. The minimum Gasteiger partial charge on any atom is -0.393 e. The molecule has 44 heavy (non-hydrogen) atoms. The van der Waals surface area contributed by atoms with Crippen molar-refractivity contribution in [1.82, 2.24) is 0 Å². The number of rotatable bonds is 14. The normalized spacial score (nSPS) is 35.5. The fraction of sp³-hybridized carbons (Fsp3) is 1.00. The summed E-state index contributed by atoms with van der Waals surface area (Å²) >= 11 is 0. The zero-order valence-corrected chi connectivity index (χ0v) is 31.6. The van der Waals surface area contributed by atoms with Crippen LogP contribution in [0.5, 0.6) is 0 Å². The molecule has 0 aromatic heterocycles. The Bertz CT molecular complexity index is 769.